The highest BCUT2D eigenvalue weighted by molar-refractivity contribution is 5.93. The molecule has 0 unspecified atom stereocenters. The van der Waals surface area contributed by atoms with Gasteiger partial charge in [0, 0.05) is 17.7 Å². The van der Waals surface area contributed by atoms with Crippen LogP contribution in [0.5, 0.6) is 5.75 Å². The first-order valence-corrected chi connectivity index (χ1v) is 6.38. The van der Waals surface area contributed by atoms with E-state index in [0.29, 0.717) is 24.9 Å². The van der Waals surface area contributed by atoms with E-state index < -0.39 is 17.7 Å². The van der Waals surface area contributed by atoms with Crippen molar-refractivity contribution < 1.29 is 23.8 Å². The molecule has 2 N–H and O–H groups in total. The van der Waals surface area contributed by atoms with Crippen LogP contribution < -0.4 is 10.1 Å². The van der Waals surface area contributed by atoms with E-state index in [1.54, 1.807) is 0 Å². The Kier molecular flexibility index (Phi) is 4.22. The first kappa shape index (κ1) is 14.3. The molecule has 1 fully saturated rings. The molecule has 0 spiro atoms. The van der Waals surface area contributed by atoms with Gasteiger partial charge < -0.3 is 15.2 Å². The molecule has 0 aliphatic heterocycles. The summed E-state index contributed by atoms with van der Waals surface area (Å²) in [5.74, 6) is -2.30. The second kappa shape index (κ2) is 5.90. The monoisotopic (exact) mass is 281 g/mol. The van der Waals surface area contributed by atoms with Gasteiger partial charge in [0.1, 0.15) is 0 Å². The maximum absolute atomic E-state index is 13.2. The Bertz CT molecular complexity index is 532. The lowest BCUT2D eigenvalue weighted by Gasteiger charge is -2.12. The summed E-state index contributed by atoms with van der Waals surface area (Å²) in [6.07, 6.45) is 1.42. The molecule has 20 heavy (non-hydrogen) atoms. The molecule has 1 aromatic carbocycles. The number of methoxy groups -OCH3 is 1. The fraction of sp³-hybridized carbons (Fsp3) is 0.429. The number of carboxylic acids is 1. The van der Waals surface area contributed by atoms with E-state index in [-0.39, 0.29) is 17.6 Å². The Labute approximate surface area is 115 Å². The lowest BCUT2D eigenvalue weighted by molar-refractivity contribution is -0.141. The number of anilines is 1. The average Bonchev–Trinajstić information content (AvgIpc) is 2.91. The average molecular weight is 281 g/mol. The fourth-order valence-electron chi connectivity index (χ4n) is 2.43. The van der Waals surface area contributed by atoms with Gasteiger partial charge in [0.15, 0.2) is 11.6 Å². The molecule has 1 saturated carbocycles. The van der Waals surface area contributed by atoms with Crippen molar-refractivity contribution in [2.75, 3.05) is 12.4 Å². The number of halogens is 1. The zero-order chi connectivity index (χ0) is 14.7. The second-order valence-electron chi connectivity index (χ2n) is 4.88. The van der Waals surface area contributed by atoms with Gasteiger partial charge in [0.2, 0.25) is 5.91 Å². The van der Waals surface area contributed by atoms with Crippen LogP contribution in [0.15, 0.2) is 18.2 Å². The predicted molar refractivity (Wildman–Crippen MR) is 70.0 cm³/mol. The Morgan fingerprint density at radius 1 is 1.35 bits per heavy atom. The van der Waals surface area contributed by atoms with E-state index in [1.807, 2.05) is 0 Å². The maximum Gasteiger partial charge on any atom is 0.306 e. The van der Waals surface area contributed by atoms with E-state index in [4.69, 9.17) is 9.84 Å². The number of ether oxygens (including phenoxy) is 1. The lowest BCUT2D eigenvalue weighted by atomic mass is 10.0. The highest BCUT2D eigenvalue weighted by Crippen LogP contribution is 2.32. The van der Waals surface area contributed by atoms with Gasteiger partial charge in [-0.3, -0.25) is 9.59 Å². The van der Waals surface area contributed by atoms with Crippen LogP contribution in [0.3, 0.4) is 0 Å². The molecular weight excluding hydrogens is 265 g/mol. The molecule has 2 atom stereocenters. The molecule has 0 heterocycles. The molecule has 1 amide bonds. The van der Waals surface area contributed by atoms with Gasteiger partial charge in [0.05, 0.1) is 13.0 Å². The van der Waals surface area contributed by atoms with E-state index in [2.05, 4.69) is 5.32 Å². The minimum atomic E-state index is -0.858. The summed E-state index contributed by atoms with van der Waals surface area (Å²) < 4.78 is 18.1. The molecule has 2 rings (SSSR count). The maximum atomic E-state index is 13.2. The van der Waals surface area contributed by atoms with Gasteiger partial charge in [-0.2, -0.15) is 0 Å². The third kappa shape index (κ3) is 3.07. The Morgan fingerprint density at radius 3 is 2.65 bits per heavy atom. The molecule has 1 aromatic rings. The van der Waals surface area contributed by atoms with Gasteiger partial charge in [-0.25, -0.2) is 4.39 Å². The Hall–Kier alpha value is -2.11. The van der Waals surface area contributed by atoms with Crippen molar-refractivity contribution in [2.24, 2.45) is 11.8 Å². The van der Waals surface area contributed by atoms with Crippen molar-refractivity contribution in [3.05, 3.63) is 24.0 Å². The number of hydrogen-bond acceptors (Lipinski definition) is 3. The van der Waals surface area contributed by atoms with Crippen LogP contribution in [0.25, 0.3) is 0 Å². The van der Waals surface area contributed by atoms with Crippen molar-refractivity contribution >= 4 is 17.6 Å². The molecule has 0 saturated heterocycles. The smallest absolute Gasteiger partial charge is 0.306 e. The van der Waals surface area contributed by atoms with Crippen LogP contribution in [0.1, 0.15) is 19.3 Å². The number of amides is 1. The molecule has 6 heteroatoms. The summed E-state index contributed by atoms with van der Waals surface area (Å²) >= 11 is 0. The van der Waals surface area contributed by atoms with Crippen LogP contribution in [0, 0.1) is 17.7 Å². The fourth-order valence-corrected chi connectivity index (χ4v) is 2.43. The largest absolute Gasteiger partial charge is 0.494 e. The van der Waals surface area contributed by atoms with Crippen LogP contribution >= 0.6 is 0 Å². The molecule has 0 bridgehead atoms. The van der Waals surface area contributed by atoms with Crippen molar-refractivity contribution in [3.63, 3.8) is 0 Å². The summed E-state index contributed by atoms with van der Waals surface area (Å²) in [5, 5.41) is 11.6. The van der Waals surface area contributed by atoms with Crippen LogP contribution in [-0.2, 0) is 9.59 Å². The Balaban J connectivity index is 2.00. The first-order chi connectivity index (χ1) is 9.51. The summed E-state index contributed by atoms with van der Waals surface area (Å²) in [7, 11) is 1.35. The molecule has 1 aliphatic rings. The molecule has 108 valence electrons. The minimum absolute atomic E-state index is 0.0534. The zero-order valence-electron chi connectivity index (χ0n) is 11.1. The molecular formula is C14H16FNO4. The topological polar surface area (TPSA) is 75.6 Å². The summed E-state index contributed by atoms with van der Waals surface area (Å²) in [6.45, 7) is 0. The lowest BCUT2D eigenvalue weighted by Crippen LogP contribution is -2.21. The van der Waals surface area contributed by atoms with Gasteiger partial charge in [-0.05, 0) is 31.4 Å². The van der Waals surface area contributed by atoms with Gasteiger partial charge >= 0.3 is 5.97 Å². The second-order valence-corrected chi connectivity index (χ2v) is 4.88. The molecule has 0 radical (unpaired) electrons. The SMILES string of the molecule is COc1cc(NC(=O)[C@@H]2CC[C@H](C(=O)O)C2)ccc1F. The number of carbonyl (C=O) groups excluding carboxylic acids is 1. The van der Waals surface area contributed by atoms with Crippen molar-refractivity contribution in [2.45, 2.75) is 19.3 Å². The number of nitrogens with one attached hydrogen (secondary N) is 1. The van der Waals surface area contributed by atoms with Gasteiger partial charge in [-0.1, -0.05) is 0 Å². The van der Waals surface area contributed by atoms with E-state index in [1.165, 1.54) is 25.3 Å². The standard InChI is InChI=1S/C14H16FNO4/c1-20-12-7-10(4-5-11(12)15)16-13(17)8-2-3-9(6-8)14(18)19/h4-5,7-9H,2-3,6H2,1H3,(H,16,17)(H,18,19)/t8-,9+/m1/s1. The number of carboxylic acid groups (broad SMARTS) is 1. The minimum Gasteiger partial charge on any atom is -0.494 e. The van der Waals surface area contributed by atoms with Gasteiger partial charge in [-0.15, -0.1) is 0 Å². The number of rotatable bonds is 4. The van der Waals surface area contributed by atoms with E-state index in [0.717, 1.165) is 0 Å². The van der Waals surface area contributed by atoms with E-state index in [9.17, 15) is 14.0 Å². The van der Waals surface area contributed by atoms with Crippen LogP contribution in [0.2, 0.25) is 0 Å². The van der Waals surface area contributed by atoms with Crippen LogP contribution in [0.4, 0.5) is 10.1 Å². The normalized spacial score (nSPS) is 21.5. The van der Waals surface area contributed by atoms with Crippen LogP contribution in [-0.4, -0.2) is 24.1 Å². The Morgan fingerprint density at radius 2 is 2.05 bits per heavy atom. The highest BCUT2D eigenvalue weighted by Gasteiger charge is 2.33. The molecule has 5 nitrogen and oxygen atoms in total. The molecule has 0 aromatic heterocycles. The van der Waals surface area contributed by atoms with E-state index >= 15 is 0 Å². The predicted octanol–water partition coefficient (Wildman–Crippen LogP) is 2.27. The summed E-state index contributed by atoms with van der Waals surface area (Å²) in [5.41, 5.74) is 0.437. The quantitative estimate of drug-likeness (QED) is 0.887. The van der Waals surface area contributed by atoms with Crippen molar-refractivity contribution in [1.29, 1.82) is 0 Å². The number of carbonyl (C=O) groups is 2. The third-order valence-electron chi connectivity index (χ3n) is 3.57. The number of aliphatic carboxylic acids is 1. The first-order valence-electron chi connectivity index (χ1n) is 6.38. The summed E-state index contributed by atoms with van der Waals surface area (Å²) in [4.78, 5) is 22.9. The third-order valence-corrected chi connectivity index (χ3v) is 3.57. The van der Waals surface area contributed by atoms with Gasteiger partial charge in [0.25, 0.3) is 0 Å². The number of benzene rings is 1. The van der Waals surface area contributed by atoms with Crippen molar-refractivity contribution in [1.82, 2.24) is 0 Å². The summed E-state index contributed by atoms with van der Waals surface area (Å²) in [6, 6.07) is 4.05. The molecule has 1 aliphatic carbocycles. The zero-order valence-corrected chi connectivity index (χ0v) is 11.1. The highest BCUT2D eigenvalue weighted by atomic mass is 19.1. The van der Waals surface area contributed by atoms with Crippen molar-refractivity contribution in [3.8, 4) is 5.75 Å². The number of hydrogen-bond donors (Lipinski definition) is 2.